The molecule has 1 aliphatic heterocycles. The highest BCUT2D eigenvalue weighted by molar-refractivity contribution is 6.17. The fraction of sp³-hybridized carbons (Fsp3) is 0.438. The Labute approximate surface area is 119 Å². The molecule has 4 nitrogen and oxygen atoms in total. The molecule has 0 radical (unpaired) electrons. The summed E-state index contributed by atoms with van der Waals surface area (Å²) in [7, 11) is 0. The smallest absolute Gasteiger partial charge is 0.252 e. The molecule has 0 aromatic heterocycles. The lowest BCUT2D eigenvalue weighted by Gasteiger charge is -2.15. The van der Waals surface area contributed by atoms with E-state index in [0.717, 1.165) is 22.3 Å². The van der Waals surface area contributed by atoms with E-state index in [4.69, 9.17) is 0 Å². The van der Waals surface area contributed by atoms with Crippen LogP contribution in [0.5, 0.6) is 0 Å². The van der Waals surface area contributed by atoms with Gasteiger partial charge in [0.15, 0.2) is 5.78 Å². The number of ketones is 1. The first-order valence-corrected chi connectivity index (χ1v) is 6.68. The van der Waals surface area contributed by atoms with E-state index in [1.54, 1.807) is 20.8 Å². The maximum absolute atomic E-state index is 11.9. The largest absolute Gasteiger partial charge is 0.308 e. The molecule has 2 rings (SSSR count). The van der Waals surface area contributed by atoms with E-state index in [2.05, 4.69) is 10.3 Å². The Hall–Kier alpha value is -1.97. The number of carbonyl (C=O) groups is 2. The summed E-state index contributed by atoms with van der Waals surface area (Å²) >= 11 is 0. The molecule has 1 aromatic carbocycles. The molecule has 106 valence electrons. The van der Waals surface area contributed by atoms with E-state index < -0.39 is 5.54 Å². The van der Waals surface area contributed by atoms with Crippen LogP contribution in [0.25, 0.3) is 0 Å². The molecule has 0 bridgehead atoms. The topological polar surface area (TPSA) is 58.5 Å². The second kappa shape index (κ2) is 4.54. The van der Waals surface area contributed by atoms with Crippen molar-refractivity contribution < 1.29 is 9.59 Å². The molecule has 0 saturated heterocycles. The number of nitrogens with one attached hydrogen (secondary N) is 1. The number of aliphatic imine (C=N–C) groups is 1. The molecule has 0 spiro atoms. The van der Waals surface area contributed by atoms with Crippen LogP contribution in [0, 0.1) is 20.8 Å². The van der Waals surface area contributed by atoms with Crippen molar-refractivity contribution in [1.82, 2.24) is 5.32 Å². The minimum Gasteiger partial charge on any atom is -0.308 e. The number of amidine groups is 1. The van der Waals surface area contributed by atoms with Gasteiger partial charge in [-0.05, 0) is 64.3 Å². The van der Waals surface area contributed by atoms with E-state index in [1.807, 2.05) is 26.8 Å². The predicted octanol–water partition coefficient (Wildman–Crippen LogP) is 2.47. The van der Waals surface area contributed by atoms with Crippen LogP contribution >= 0.6 is 0 Å². The van der Waals surface area contributed by atoms with Gasteiger partial charge in [0.1, 0.15) is 11.4 Å². The summed E-state index contributed by atoms with van der Waals surface area (Å²) in [6.07, 6.45) is 0. The van der Waals surface area contributed by atoms with Gasteiger partial charge in [0, 0.05) is 11.1 Å². The highest BCUT2D eigenvalue weighted by Crippen LogP contribution is 2.26. The van der Waals surface area contributed by atoms with Gasteiger partial charge in [-0.25, -0.2) is 0 Å². The molecule has 1 aliphatic rings. The van der Waals surface area contributed by atoms with Gasteiger partial charge in [-0.3, -0.25) is 14.6 Å². The van der Waals surface area contributed by atoms with Crippen LogP contribution in [-0.2, 0) is 4.79 Å². The van der Waals surface area contributed by atoms with Gasteiger partial charge in [0.25, 0.3) is 5.91 Å². The van der Waals surface area contributed by atoms with Gasteiger partial charge in [-0.1, -0.05) is 0 Å². The highest BCUT2D eigenvalue weighted by atomic mass is 16.2. The third-order valence-electron chi connectivity index (χ3n) is 3.90. The summed E-state index contributed by atoms with van der Waals surface area (Å²) < 4.78 is 0. The van der Waals surface area contributed by atoms with E-state index in [1.165, 1.54) is 0 Å². The number of nitrogens with zero attached hydrogens (tertiary/aromatic N) is 1. The SMILES string of the molecule is CC(=O)c1cc(C)c(C)c(C2=NC(C)(C)C(=O)N2)c1C. The Balaban J connectivity index is 2.70. The molecule has 0 unspecified atom stereocenters. The number of rotatable bonds is 2. The van der Waals surface area contributed by atoms with Crippen molar-refractivity contribution >= 4 is 17.5 Å². The Morgan fingerprint density at radius 2 is 1.80 bits per heavy atom. The Morgan fingerprint density at radius 3 is 2.25 bits per heavy atom. The van der Waals surface area contributed by atoms with Crippen molar-refractivity contribution in [2.24, 2.45) is 4.99 Å². The number of hydrogen-bond acceptors (Lipinski definition) is 3. The monoisotopic (exact) mass is 272 g/mol. The van der Waals surface area contributed by atoms with Crippen LogP contribution < -0.4 is 5.32 Å². The van der Waals surface area contributed by atoms with Crippen LogP contribution in [0.1, 0.15) is 53.4 Å². The molecule has 20 heavy (non-hydrogen) atoms. The molecule has 0 aliphatic carbocycles. The lowest BCUT2D eigenvalue weighted by molar-refractivity contribution is -0.122. The third kappa shape index (κ3) is 2.15. The second-order valence-electron chi connectivity index (χ2n) is 5.90. The maximum atomic E-state index is 11.9. The van der Waals surface area contributed by atoms with Crippen LogP contribution in [0.2, 0.25) is 0 Å². The number of benzene rings is 1. The molecule has 1 heterocycles. The van der Waals surface area contributed by atoms with E-state index in [0.29, 0.717) is 11.4 Å². The zero-order valence-corrected chi connectivity index (χ0v) is 12.8. The van der Waals surface area contributed by atoms with Crippen molar-refractivity contribution in [2.45, 2.75) is 47.1 Å². The van der Waals surface area contributed by atoms with Gasteiger partial charge in [-0.2, -0.15) is 0 Å². The minimum absolute atomic E-state index is 0.0241. The van der Waals surface area contributed by atoms with E-state index in [-0.39, 0.29) is 11.7 Å². The average Bonchev–Trinajstić information content (AvgIpc) is 2.58. The van der Waals surface area contributed by atoms with Crippen molar-refractivity contribution in [3.05, 3.63) is 33.9 Å². The molecular weight excluding hydrogens is 252 g/mol. The molecule has 1 aromatic rings. The fourth-order valence-electron chi connectivity index (χ4n) is 2.50. The number of hydrogen-bond donors (Lipinski definition) is 1. The first-order valence-electron chi connectivity index (χ1n) is 6.68. The quantitative estimate of drug-likeness (QED) is 0.841. The Bertz CT molecular complexity index is 655. The summed E-state index contributed by atoms with van der Waals surface area (Å²) in [6, 6.07) is 1.90. The highest BCUT2D eigenvalue weighted by Gasteiger charge is 2.35. The van der Waals surface area contributed by atoms with Crippen molar-refractivity contribution in [3.63, 3.8) is 0 Å². The van der Waals surface area contributed by atoms with Gasteiger partial charge in [0.05, 0.1) is 0 Å². The summed E-state index contributed by atoms with van der Waals surface area (Å²) in [6.45, 7) is 11.0. The fourth-order valence-corrected chi connectivity index (χ4v) is 2.50. The predicted molar refractivity (Wildman–Crippen MR) is 79.4 cm³/mol. The molecule has 0 saturated carbocycles. The van der Waals surface area contributed by atoms with Crippen molar-refractivity contribution in [3.8, 4) is 0 Å². The van der Waals surface area contributed by atoms with E-state index in [9.17, 15) is 9.59 Å². The maximum Gasteiger partial charge on any atom is 0.252 e. The lowest BCUT2D eigenvalue weighted by Crippen LogP contribution is -2.35. The number of carbonyl (C=O) groups excluding carboxylic acids is 2. The average molecular weight is 272 g/mol. The number of Topliss-reactive ketones (excluding diaryl/α,β-unsaturated/α-hetero) is 1. The number of amides is 1. The first-order chi connectivity index (χ1) is 9.15. The lowest BCUT2D eigenvalue weighted by atomic mass is 9.91. The third-order valence-corrected chi connectivity index (χ3v) is 3.90. The summed E-state index contributed by atoms with van der Waals surface area (Å²) in [4.78, 5) is 28.2. The van der Waals surface area contributed by atoms with Crippen molar-refractivity contribution in [2.75, 3.05) is 0 Å². The summed E-state index contributed by atoms with van der Waals surface area (Å²) in [5, 5.41) is 2.84. The molecule has 1 amide bonds. The summed E-state index contributed by atoms with van der Waals surface area (Å²) in [5.41, 5.74) is 3.74. The van der Waals surface area contributed by atoms with Crippen LogP contribution in [0.4, 0.5) is 0 Å². The summed E-state index contributed by atoms with van der Waals surface area (Å²) in [5.74, 6) is 0.481. The minimum atomic E-state index is -0.756. The molecule has 1 N–H and O–H groups in total. The zero-order valence-electron chi connectivity index (χ0n) is 12.8. The van der Waals surface area contributed by atoms with Gasteiger partial charge in [-0.15, -0.1) is 0 Å². The first kappa shape index (κ1) is 14.4. The standard InChI is InChI=1S/C16H20N2O2/c1-8-7-12(11(4)19)10(3)13(9(8)2)14-17-15(20)16(5,6)18-14/h7H,1-6H3,(H,17,18,20). The normalized spacial score (nSPS) is 16.9. The Kier molecular flexibility index (Phi) is 3.28. The Morgan fingerprint density at radius 1 is 1.20 bits per heavy atom. The van der Waals surface area contributed by atoms with Gasteiger partial charge in [0.2, 0.25) is 0 Å². The molecule has 0 atom stereocenters. The van der Waals surface area contributed by atoms with Gasteiger partial charge >= 0.3 is 0 Å². The second-order valence-corrected chi connectivity index (χ2v) is 5.90. The van der Waals surface area contributed by atoms with E-state index >= 15 is 0 Å². The number of aryl methyl sites for hydroxylation is 1. The molecular formula is C16H20N2O2. The molecule has 4 heteroatoms. The van der Waals surface area contributed by atoms with Crippen molar-refractivity contribution in [1.29, 1.82) is 0 Å². The van der Waals surface area contributed by atoms with Crippen LogP contribution in [-0.4, -0.2) is 23.1 Å². The van der Waals surface area contributed by atoms with Crippen LogP contribution in [0.3, 0.4) is 0 Å². The van der Waals surface area contributed by atoms with Gasteiger partial charge < -0.3 is 5.32 Å². The molecule has 0 fully saturated rings. The van der Waals surface area contributed by atoms with Crippen LogP contribution in [0.15, 0.2) is 11.1 Å². The zero-order chi connectivity index (χ0) is 15.2.